The van der Waals surface area contributed by atoms with Crippen LogP contribution in [0.1, 0.15) is 50.2 Å². The molecular formula is C24H32N2O4S. The predicted molar refractivity (Wildman–Crippen MR) is 125 cm³/mol. The van der Waals surface area contributed by atoms with Crippen LogP contribution in [0, 0.1) is 13.8 Å². The molecule has 1 amide bonds. The number of rotatable bonds is 8. The van der Waals surface area contributed by atoms with E-state index in [0.29, 0.717) is 17.8 Å². The molecule has 2 aromatic rings. The Balaban J connectivity index is 1.78. The van der Waals surface area contributed by atoms with E-state index in [2.05, 4.69) is 5.32 Å². The fourth-order valence-electron chi connectivity index (χ4n) is 4.18. The fraction of sp³-hybridized carbons (Fsp3) is 0.458. The molecule has 1 aliphatic carbocycles. The SMILES string of the molecule is CC[C@@H](C(=O)Nc1ccc(OC2CCCC2)cc1)N(c1cc(C)cc(C)c1)S(C)(=O)=O. The first-order chi connectivity index (χ1) is 14.7. The molecular weight excluding hydrogens is 412 g/mol. The number of nitrogens with zero attached hydrogens (tertiary/aromatic N) is 1. The van der Waals surface area contributed by atoms with Crippen molar-refractivity contribution in [2.75, 3.05) is 15.9 Å². The van der Waals surface area contributed by atoms with Crippen molar-refractivity contribution in [3.63, 3.8) is 0 Å². The number of hydrogen-bond acceptors (Lipinski definition) is 4. The van der Waals surface area contributed by atoms with Crippen molar-refractivity contribution >= 4 is 27.3 Å². The van der Waals surface area contributed by atoms with Crippen LogP contribution in [0.15, 0.2) is 42.5 Å². The van der Waals surface area contributed by atoms with Gasteiger partial charge in [-0.1, -0.05) is 13.0 Å². The van der Waals surface area contributed by atoms with Gasteiger partial charge in [-0.3, -0.25) is 9.10 Å². The number of anilines is 2. The summed E-state index contributed by atoms with van der Waals surface area (Å²) in [6.45, 7) is 5.63. The molecule has 2 aromatic carbocycles. The number of ether oxygens (including phenoxy) is 1. The highest BCUT2D eigenvalue weighted by Gasteiger charge is 2.31. The summed E-state index contributed by atoms with van der Waals surface area (Å²) >= 11 is 0. The molecule has 0 spiro atoms. The molecule has 0 heterocycles. The zero-order valence-corrected chi connectivity index (χ0v) is 19.5. The maximum absolute atomic E-state index is 13.1. The summed E-state index contributed by atoms with van der Waals surface area (Å²) in [4.78, 5) is 13.1. The van der Waals surface area contributed by atoms with Gasteiger partial charge in [-0.05, 0) is 93.5 Å². The average Bonchev–Trinajstić information content (AvgIpc) is 3.18. The lowest BCUT2D eigenvalue weighted by atomic mass is 10.1. The topological polar surface area (TPSA) is 75.7 Å². The van der Waals surface area contributed by atoms with E-state index in [1.807, 2.05) is 39.0 Å². The number of amides is 1. The minimum atomic E-state index is -3.67. The van der Waals surface area contributed by atoms with Crippen LogP contribution in [0.4, 0.5) is 11.4 Å². The summed E-state index contributed by atoms with van der Waals surface area (Å²) in [5.41, 5.74) is 2.99. The fourth-order valence-corrected chi connectivity index (χ4v) is 5.37. The molecule has 0 radical (unpaired) electrons. The normalized spacial score (nSPS) is 15.5. The van der Waals surface area contributed by atoms with Crippen LogP contribution in [-0.2, 0) is 14.8 Å². The van der Waals surface area contributed by atoms with Crippen LogP contribution >= 0.6 is 0 Å². The molecule has 1 saturated carbocycles. The predicted octanol–water partition coefficient (Wildman–Crippen LogP) is 4.81. The molecule has 7 heteroatoms. The van der Waals surface area contributed by atoms with Crippen LogP contribution in [0.25, 0.3) is 0 Å². The Morgan fingerprint density at radius 3 is 2.19 bits per heavy atom. The Hall–Kier alpha value is -2.54. The third-order valence-electron chi connectivity index (χ3n) is 5.52. The van der Waals surface area contributed by atoms with Crippen molar-refractivity contribution in [2.45, 2.75) is 65.0 Å². The van der Waals surface area contributed by atoms with Gasteiger partial charge in [0.1, 0.15) is 11.8 Å². The lowest BCUT2D eigenvalue weighted by Crippen LogP contribution is -2.47. The highest BCUT2D eigenvalue weighted by molar-refractivity contribution is 7.92. The van der Waals surface area contributed by atoms with Crippen molar-refractivity contribution < 1.29 is 17.9 Å². The number of benzene rings is 2. The van der Waals surface area contributed by atoms with Gasteiger partial charge in [0.05, 0.1) is 18.0 Å². The van der Waals surface area contributed by atoms with Gasteiger partial charge >= 0.3 is 0 Å². The maximum atomic E-state index is 13.1. The van der Waals surface area contributed by atoms with E-state index in [-0.39, 0.29) is 12.0 Å². The van der Waals surface area contributed by atoms with Crippen LogP contribution in [0.5, 0.6) is 5.75 Å². The van der Waals surface area contributed by atoms with Gasteiger partial charge in [0.15, 0.2) is 0 Å². The molecule has 0 bridgehead atoms. The Labute approximate surface area is 185 Å². The highest BCUT2D eigenvalue weighted by atomic mass is 32.2. The minimum Gasteiger partial charge on any atom is -0.490 e. The molecule has 0 unspecified atom stereocenters. The maximum Gasteiger partial charge on any atom is 0.248 e. The van der Waals surface area contributed by atoms with Gasteiger partial charge in [0, 0.05) is 5.69 Å². The second-order valence-electron chi connectivity index (χ2n) is 8.37. The van der Waals surface area contributed by atoms with Crippen molar-refractivity contribution in [1.29, 1.82) is 0 Å². The van der Waals surface area contributed by atoms with E-state index in [0.717, 1.165) is 36.0 Å². The zero-order valence-electron chi connectivity index (χ0n) is 18.7. The summed E-state index contributed by atoms with van der Waals surface area (Å²) in [6.07, 6.45) is 6.31. The van der Waals surface area contributed by atoms with Crippen LogP contribution in [0.3, 0.4) is 0 Å². The quantitative estimate of drug-likeness (QED) is 0.634. The Kier molecular flexibility index (Phi) is 7.26. The average molecular weight is 445 g/mol. The molecule has 0 saturated heterocycles. The molecule has 1 N–H and O–H groups in total. The molecule has 6 nitrogen and oxygen atoms in total. The van der Waals surface area contributed by atoms with Gasteiger partial charge in [-0.2, -0.15) is 0 Å². The van der Waals surface area contributed by atoms with E-state index in [4.69, 9.17) is 4.74 Å². The van der Waals surface area contributed by atoms with E-state index >= 15 is 0 Å². The second kappa shape index (κ2) is 9.73. The van der Waals surface area contributed by atoms with E-state index < -0.39 is 16.1 Å². The summed E-state index contributed by atoms with van der Waals surface area (Å²) in [7, 11) is -3.67. The monoisotopic (exact) mass is 444 g/mol. The summed E-state index contributed by atoms with van der Waals surface area (Å²) in [5.74, 6) is 0.418. The molecule has 168 valence electrons. The number of nitrogens with one attached hydrogen (secondary N) is 1. The smallest absolute Gasteiger partial charge is 0.248 e. The first-order valence-corrected chi connectivity index (χ1v) is 12.7. The Morgan fingerprint density at radius 2 is 1.68 bits per heavy atom. The third-order valence-corrected chi connectivity index (χ3v) is 6.70. The first kappa shape index (κ1) is 23.1. The number of hydrogen-bond donors (Lipinski definition) is 1. The van der Waals surface area contributed by atoms with Gasteiger partial charge < -0.3 is 10.1 Å². The van der Waals surface area contributed by atoms with Gasteiger partial charge in [-0.25, -0.2) is 8.42 Å². The minimum absolute atomic E-state index is 0.269. The summed E-state index contributed by atoms with van der Waals surface area (Å²) in [6, 6.07) is 12.0. The molecule has 1 aliphatic rings. The van der Waals surface area contributed by atoms with Crippen molar-refractivity contribution in [1.82, 2.24) is 0 Å². The molecule has 3 rings (SSSR count). The van der Waals surface area contributed by atoms with Crippen LogP contribution < -0.4 is 14.4 Å². The summed E-state index contributed by atoms with van der Waals surface area (Å²) in [5, 5.41) is 2.86. The Morgan fingerprint density at radius 1 is 1.10 bits per heavy atom. The van der Waals surface area contributed by atoms with E-state index in [1.54, 1.807) is 24.3 Å². The number of aryl methyl sites for hydroxylation is 2. The Bertz CT molecular complexity index is 992. The van der Waals surface area contributed by atoms with Crippen LogP contribution in [0.2, 0.25) is 0 Å². The second-order valence-corrected chi connectivity index (χ2v) is 10.2. The molecule has 1 atom stereocenters. The van der Waals surface area contributed by atoms with Gasteiger partial charge in [0.2, 0.25) is 15.9 Å². The number of sulfonamides is 1. The lowest BCUT2D eigenvalue weighted by molar-refractivity contribution is -0.117. The lowest BCUT2D eigenvalue weighted by Gasteiger charge is -2.30. The van der Waals surface area contributed by atoms with Gasteiger partial charge in [0.25, 0.3) is 0 Å². The van der Waals surface area contributed by atoms with Crippen molar-refractivity contribution in [3.8, 4) is 5.75 Å². The van der Waals surface area contributed by atoms with Gasteiger partial charge in [-0.15, -0.1) is 0 Å². The summed E-state index contributed by atoms with van der Waals surface area (Å²) < 4.78 is 32.5. The molecule has 31 heavy (non-hydrogen) atoms. The largest absolute Gasteiger partial charge is 0.490 e. The third kappa shape index (κ3) is 6.00. The van der Waals surface area contributed by atoms with Crippen molar-refractivity contribution in [2.24, 2.45) is 0 Å². The molecule has 0 aliphatic heterocycles. The standard InChI is InChI=1S/C24H32N2O4S/c1-5-23(26(31(4,28)29)20-15-17(2)14-18(3)16-20)24(27)25-19-10-12-22(13-11-19)30-21-8-6-7-9-21/h10-16,21,23H,5-9H2,1-4H3,(H,25,27)/t23-/m0/s1. The van der Waals surface area contributed by atoms with Crippen LogP contribution in [-0.4, -0.2) is 32.7 Å². The highest BCUT2D eigenvalue weighted by Crippen LogP contribution is 2.27. The number of carbonyl (C=O) groups is 1. The molecule has 0 aromatic heterocycles. The number of carbonyl (C=O) groups excluding carboxylic acids is 1. The van der Waals surface area contributed by atoms with Crippen molar-refractivity contribution in [3.05, 3.63) is 53.6 Å². The first-order valence-electron chi connectivity index (χ1n) is 10.8. The molecule has 1 fully saturated rings. The van der Waals surface area contributed by atoms with E-state index in [1.165, 1.54) is 17.1 Å². The van der Waals surface area contributed by atoms with E-state index in [9.17, 15) is 13.2 Å². The zero-order chi connectivity index (χ0) is 22.6.